The molecule has 0 N–H and O–H groups in total. The third kappa shape index (κ3) is 3.49. The van der Waals surface area contributed by atoms with Crippen LogP contribution >= 0.6 is 0 Å². The van der Waals surface area contributed by atoms with Crippen molar-refractivity contribution in [1.29, 1.82) is 0 Å². The molecule has 2 heterocycles. The molecule has 1 aliphatic rings. The lowest BCUT2D eigenvalue weighted by Crippen LogP contribution is -2.49. The summed E-state index contributed by atoms with van der Waals surface area (Å²) in [6, 6.07) is 5.14. The first-order valence-electron chi connectivity index (χ1n) is 8.29. The van der Waals surface area contributed by atoms with Crippen LogP contribution in [0.25, 0.3) is 0 Å². The number of methoxy groups -OCH3 is 3. The first-order valence-corrected chi connectivity index (χ1v) is 8.29. The van der Waals surface area contributed by atoms with Crippen LogP contribution in [0.4, 0.5) is 5.95 Å². The van der Waals surface area contributed by atoms with E-state index in [1.165, 1.54) is 21.3 Å². The summed E-state index contributed by atoms with van der Waals surface area (Å²) in [5.74, 6) is 2.01. The van der Waals surface area contributed by atoms with Gasteiger partial charge in [-0.15, -0.1) is 0 Å². The third-order valence-electron chi connectivity index (χ3n) is 4.31. The van der Waals surface area contributed by atoms with Gasteiger partial charge in [0.1, 0.15) is 0 Å². The van der Waals surface area contributed by atoms with E-state index >= 15 is 0 Å². The number of ether oxygens (including phenoxy) is 3. The molecular formula is C18H22N4O4. The highest BCUT2D eigenvalue weighted by Gasteiger charge is 2.25. The summed E-state index contributed by atoms with van der Waals surface area (Å²) in [4.78, 5) is 25.3. The second-order valence-electron chi connectivity index (χ2n) is 5.74. The van der Waals surface area contributed by atoms with Crippen LogP contribution in [0, 0.1) is 0 Å². The van der Waals surface area contributed by atoms with E-state index < -0.39 is 0 Å². The predicted molar refractivity (Wildman–Crippen MR) is 96.2 cm³/mol. The highest BCUT2D eigenvalue weighted by molar-refractivity contribution is 5.95. The van der Waals surface area contributed by atoms with Crippen molar-refractivity contribution < 1.29 is 19.0 Å². The Morgan fingerprint density at radius 3 is 2.00 bits per heavy atom. The van der Waals surface area contributed by atoms with Gasteiger partial charge in [0, 0.05) is 44.1 Å². The summed E-state index contributed by atoms with van der Waals surface area (Å²) in [6.45, 7) is 2.54. The molecular weight excluding hydrogens is 336 g/mol. The minimum Gasteiger partial charge on any atom is -0.493 e. The number of benzene rings is 1. The number of anilines is 1. The van der Waals surface area contributed by atoms with Gasteiger partial charge in [0.25, 0.3) is 5.91 Å². The largest absolute Gasteiger partial charge is 0.493 e. The van der Waals surface area contributed by atoms with Crippen LogP contribution in [0.5, 0.6) is 17.2 Å². The lowest BCUT2D eigenvalue weighted by molar-refractivity contribution is 0.0745. The first-order chi connectivity index (χ1) is 12.7. The minimum atomic E-state index is -0.0714. The maximum absolute atomic E-state index is 12.9. The van der Waals surface area contributed by atoms with Crippen molar-refractivity contribution in [2.45, 2.75) is 0 Å². The number of carbonyl (C=O) groups is 1. The fraction of sp³-hybridized carbons (Fsp3) is 0.389. The lowest BCUT2D eigenvalue weighted by atomic mass is 10.1. The van der Waals surface area contributed by atoms with Crippen LogP contribution in [-0.2, 0) is 0 Å². The van der Waals surface area contributed by atoms with E-state index in [9.17, 15) is 4.79 Å². The molecule has 1 aromatic heterocycles. The standard InChI is InChI=1S/C18H22N4O4/c1-24-14-11-13(12-15(25-2)16(14)26-3)17(23)21-7-9-22(10-8-21)18-19-5-4-6-20-18/h4-6,11-12H,7-10H2,1-3H3. The van der Waals surface area contributed by atoms with Gasteiger partial charge in [-0.1, -0.05) is 0 Å². The van der Waals surface area contributed by atoms with Crippen LogP contribution in [0.1, 0.15) is 10.4 Å². The Morgan fingerprint density at radius 2 is 1.50 bits per heavy atom. The van der Waals surface area contributed by atoms with Gasteiger partial charge in [-0.05, 0) is 18.2 Å². The summed E-state index contributed by atoms with van der Waals surface area (Å²) in [5, 5.41) is 0. The normalized spacial score (nSPS) is 14.1. The Bertz CT molecular complexity index is 736. The highest BCUT2D eigenvalue weighted by Crippen LogP contribution is 2.38. The van der Waals surface area contributed by atoms with Crippen molar-refractivity contribution in [3.05, 3.63) is 36.2 Å². The number of aromatic nitrogens is 2. The molecule has 0 saturated carbocycles. The monoisotopic (exact) mass is 358 g/mol. The van der Waals surface area contributed by atoms with Gasteiger partial charge < -0.3 is 24.0 Å². The Labute approximate surface area is 152 Å². The van der Waals surface area contributed by atoms with E-state index in [2.05, 4.69) is 14.9 Å². The number of hydrogen-bond acceptors (Lipinski definition) is 7. The molecule has 1 aromatic carbocycles. The molecule has 0 unspecified atom stereocenters. The van der Waals surface area contributed by atoms with Gasteiger partial charge >= 0.3 is 0 Å². The number of nitrogens with zero attached hydrogens (tertiary/aromatic N) is 4. The van der Waals surface area contributed by atoms with E-state index in [1.54, 1.807) is 35.5 Å². The molecule has 26 heavy (non-hydrogen) atoms. The van der Waals surface area contributed by atoms with E-state index in [1.807, 2.05) is 0 Å². The second-order valence-corrected chi connectivity index (χ2v) is 5.74. The van der Waals surface area contributed by atoms with E-state index in [-0.39, 0.29) is 5.91 Å². The average molecular weight is 358 g/mol. The lowest BCUT2D eigenvalue weighted by Gasteiger charge is -2.34. The Kier molecular flexibility index (Phi) is 5.40. The Balaban J connectivity index is 1.74. The zero-order chi connectivity index (χ0) is 18.5. The zero-order valence-corrected chi connectivity index (χ0v) is 15.1. The molecule has 1 fully saturated rings. The summed E-state index contributed by atoms with van der Waals surface area (Å²) in [6.07, 6.45) is 3.44. The molecule has 0 radical (unpaired) electrons. The molecule has 0 atom stereocenters. The van der Waals surface area contributed by atoms with E-state index in [4.69, 9.17) is 14.2 Å². The zero-order valence-electron chi connectivity index (χ0n) is 15.1. The van der Waals surface area contributed by atoms with Gasteiger partial charge in [-0.2, -0.15) is 0 Å². The molecule has 2 aromatic rings. The van der Waals surface area contributed by atoms with Crippen molar-refractivity contribution >= 4 is 11.9 Å². The van der Waals surface area contributed by atoms with Gasteiger partial charge in [0.2, 0.25) is 11.7 Å². The summed E-state index contributed by atoms with van der Waals surface area (Å²) in [7, 11) is 4.60. The quantitative estimate of drug-likeness (QED) is 0.801. The summed E-state index contributed by atoms with van der Waals surface area (Å²) < 4.78 is 16.0. The number of piperazine rings is 1. The summed E-state index contributed by atoms with van der Waals surface area (Å²) in [5.41, 5.74) is 0.504. The molecule has 8 heteroatoms. The number of rotatable bonds is 5. The highest BCUT2D eigenvalue weighted by atomic mass is 16.5. The third-order valence-corrected chi connectivity index (χ3v) is 4.31. The van der Waals surface area contributed by atoms with Crippen molar-refractivity contribution in [2.75, 3.05) is 52.4 Å². The van der Waals surface area contributed by atoms with Crippen LogP contribution in [0.3, 0.4) is 0 Å². The first kappa shape index (κ1) is 17.8. The van der Waals surface area contributed by atoms with Crippen LogP contribution in [0.2, 0.25) is 0 Å². The average Bonchev–Trinajstić information content (AvgIpc) is 2.72. The van der Waals surface area contributed by atoms with Gasteiger partial charge in [0.05, 0.1) is 21.3 Å². The van der Waals surface area contributed by atoms with Crippen LogP contribution in [-0.4, -0.2) is 68.3 Å². The molecule has 1 aliphatic heterocycles. The topological polar surface area (TPSA) is 77.0 Å². The molecule has 1 amide bonds. The molecule has 0 aliphatic carbocycles. The molecule has 8 nitrogen and oxygen atoms in total. The predicted octanol–water partition coefficient (Wildman–Crippen LogP) is 1.46. The van der Waals surface area contributed by atoms with Crippen molar-refractivity contribution in [2.24, 2.45) is 0 Å². The number of amides is 1. The molecule has 138 valence electrons. The van der Waals surface area contributed by atoms with Crippen molar-refractivity contribution in [1.82, 2.24) is 14.9 Å². The minimum absolute atomic E-state index is 0.0714. The maximum atomic E-state index is 12.9. The number of hydrogen-bond donors (Lipinski definition) is 0. The second kappa shape index (κ2) is 7.90. The molecule has 3 rings (SSSR count). The fourth-order valence-electron chi connectivity index (χ4n) is 2.95. The van der Waals surface area contributed by atoms with E-state index in [0.29, 0.717) is 54.9 Å². The molecule has 0 bridgehead atoms. The van der Waals surface area contributed by atoms with Crippen molar-refractivity contribution in [3.8, 4) is 17.2 Å². The molecule has 0 spiro atoms. The fourth-order valence-corrected chi connectivity index (χ4v) is 2.95. The molecule has 1 saturated heterocycles. The van der Waals surface area contributed by atoms with Gasteiger partial charge in [-0.3, -0.25) is 4.79 Å². The number of carbonyl (C=O) groups excluding carboxylic acids is 1. The smallest absolute Gasteiger partial charge is 0.254 e. The van der Waals surface area contributed by atoms with Gasteiger partial charge in [0.15, 0.2) is 11.5 Å². The van der Waals surface area contributed by atoms with Gasteiger partial charge in [-0.25, -0.2) is 9.97 Å². The Hall–Kier alpha value is -3.03. The van der Waals surface area contributed by atoms with Crippen LogP contribution in [0.15, 0.2) is 30.6 Å². The maximum Gasteiger partial charge on any atom is 0.254 e. The SMILES string of the molecule is COc1cc(C(=O)N2CCN(c3ncccn3)CC2)cc(OC)c1OC. The van der Waals surface area contributed by atoms with Crippen LogP contribution < -0.4 is 19.1 Å². The van der Waals surface area contributed by atoms with E-state index in [0.717, 1.165) is 0 Å². The Morgan fingerprint density at radius 1 is 0.923 bits per heavy atom. The summed E-state index contributed by atoms with van der Waals surface area (Å²) >= 11 is 0. The van der Waals surface area contributed by atoms with Crippen molar-refractivity contribution in [3.63, 3.8) is 0 Å².